The number of benzene rings is 1. The van der Waals surface area contributed by atoms with Crippen LogP contribution in [0.1, 0.15) is 18.2 Å². The van der Waals surface area contributed by atoms with Crippen LogP contribution in [0.25, 0.3) is 0 Å². The summed E-state index contributed by atoms with van der Waals surface area (Å²) in [6, 6.07) is 6.47. The molecule has 1 aromatic carbocycles. The van der Waals surface area contributed by atoms with Gasteiger partial charge >= 0.3 is 0 Å². The fourth-order valence-corrected chi connectivity index (χ4v) is 2.27. The summed E-state index contributed by atoms with van der Waals surface area (Å²) in [5.41, 5.74) is 1.07. The van der Waals surface area contributed by atoms with E-state index in [4.69, 9.17) is 0 Å². The zero-order valence-corrected chi connectivity index (χ0v) is 12.2. The molecule has 0 radical (unpaired) electrons. The first-order chi connectivity index (χ1) is 9.13. The molecule has 0 unspecified atom stereocenters. The highest BCUT2D eigenvalue weighted by molar-refractivity contribution is 9.10. The highest BCUT2D eigenvalue weighted by Crippen LogP contribution is 2.23. The Morgan fingerprint density at radius 2 is 2.05 bits per heavy atom. The molecular formula is C14H15BrF2N2. The van der Waals surface area contributed by atoms with E-state index in [0.29, 0.717) is 6.54 Å². The van der Waals surface area contributed by atoms with Crippen LogP contribution in [0.15, 0.2) is 34.9 Å². The van der Waals surface area contributed by atoms with Crippen molar-refractivity contribution in [1.29, 1.82) is 0 Å². The molecule has 0 aliphatic heterocycles. The molecule has 102 valence electrons. The molecule has 2 rings (SSSR count). The van der Waals surface area contributed by atoms with E-state index in [0.717, 1.165) is 12.2 Å². The maximum absolute atomic E-state index is 13.9. The molecule has 1 aromatic heterocycles. The number of nitrogens with one attached hydrogen (secondary N) is 1. The van der Waals surface area contributed by atoms with E-state index >= 15 is 0 Å². The Bertz CT molecular complexity index is 567. The molecule has 0 amide bonds. The van der Waals surface area contributed by atoms with Gasteiger partial charge in [0.15, 0.2) is 0 Å². The predicted molar refractivity (Wildman–Crippen MR) is 75.0 cm³/mol. The lowest BCUT2D eigenvalue weighted by molar-refractivity contribution is 0.535. The number of hydrogen-bond donors (Lipinski definition) is 1. The molecular weight excluding hydrogens is 314 g/mol. The highest BCUT2D eigenvalue weighted by Gasteiger charge is 2.13. The maximum atomic E-state index is 13.9. The van der Waals surface area contributed by atoms with Gasteiger partial charge in [-0.1, -0.05) is 6.92 Å². The molecule has 0 saturated carbocycles. The van der Waals surface area contributed by atoms with Crippen molar-refractivity contribution in [2.75, 3.05) is 6.54 Å². The van der Waals surface area contributed by atoms with Crippen molar-refractivity contribution in [3.05, 3.63) is 57.8 Å². The molecule has 0 bridgehead atoms. The summed E-state index contributed by atoms with van der Waals surface area (Å²) in [5.74, 6) is -1.06. The van der Waals surface area contributed by atoms with Crippen molar-refractivity contribution in [2.45, 2.75) is 20.0 Å². The minimum Gasteiger partial charge on any atom is -0.346 e. The van der Waals surface area contributed by atoms with Crippen LogP contribution in [0.3, 0.4) is 0 Å². The van der Waals surface area contributed by atoms with Gasteiger partial charge in [0.05, 0.1) is 11.0 Å². The van der Waals surface area contributed by atoms with E-state index in [-0.39, 0.29) is 16.6 Å². The van der Waals surface area contributed by atoms with Crippen molar-refractivity contribution in [1.82, 2.24) is 9.88 Å². The fraction of sp³-hybridized carbons (Fsp3) is 0.286. The van der Waals surface area contributed by atoms with E-state index in [1.165, 1.54) is 12.1 Å². The van der Waals surface area contributed by atoms with E-state index in [1.54, 1.807) is 0 Å². The van der Waals surface area contributed by atoms with Gasteiger partial charge in [-0.2, -0.15) is 0 Å². The maximum Gasteiger partial charge on any atom is 0.145 e. The van der Waals surface area contributed by atoms with Crippen LogP contribution in [-0.4, -0.2) is 11.1 Å². The molecule has 1 N–H and O–H groups in total. The van der Waals surface area contributed by atoms with Crippen LogP contribution in [0.4, 0.5) is 8.78 Å². The van der Waals surface area contributed by atoms with Gasteiger partial charge in [0.1, 0.15) is 11.6 Å². The Balaban J connectivity index is 2.27. The van der Waals surface area contributed by atoms with Crippen LogP contribution < -0.4 is 5.32 Å². The summed E-state index contributed by atoms with van der Waals surface area (Å²) in [7, 11) is 0. The Hall–Kier alpha value is -1.20. The molecule has 0 spiro atoms. The van der Waals surface area contributed by atoms with Crippen LogP contribution in [0.2, 0.25) is 0 Å². The number of halogens is 3. The molecule has 2 aromatic rings. The minimum absolute atomic E-state index is 0.0725. The van der Waals surface area contributed by atoms with Crippen LogP contribution in [-0.2, 0) is 13.1 Å². The van der Waals surface area contributed by atoms with E-state index in [1.807, 2.05) is 29.8 Å². The quantitative estimate of drug-likeness (QED) is 0.828. The predicted octanol–water partition coefficient (Wildman–Crippen LogP) is 3.69. The average Bonchev–Trinajstić information content (AvgIpc) is 2.84. The van der Waals surface area contributed by atoms with Crippen molar-refractivity contribution in [3.8, 4) is 0 Å². The topological polar surface area (TPSA) is 17.0 Å². The molecule has 1 heterocycles. The van der Waals surface area contributed by atoms with E-state index in [9.17, 15) is 8.78 Å². The van der Waals surface area contributed by atoms with Gasteiger partial charge in [-0.25, -0.2) is 8.78 Å². The average molecular weight is 329 g/mol. The summed E-state index contributed by atoms with van der Waals surface area (Å²) >= 11 is 3.08. The molecule has 0 aliphatic rings. The first-order valence-electron chi connectivity index (χ1n) is 6.10. The van der Waals surface area contributed by atoms with Gasteiger partial charge in [-0.05, 0) is 46.7 Å². The second-order valence-electron chi connectivity index (χ2n) is 4.23. The molecule has 2 nitrogen and oxygen atoms in total. The summed E-state index contributed by atoms with van der Waals surface area (Å²) in [4.78, 5) is 0. The smallest absolute Gasteiger partial charge is 0.145 e. The summed E-state index contributed by atoms with van der Waals surface area (Å²) < 4.78 is 29.8. The van der Waals surface area contributed by atoms with E-state index in [2.05, 4.69) is 21.2 Å². The molecule has 19 heavy (non-hydrogen) atoms. The van der Waals surface area contributed by atoms with Crippen molar-refractivity contribution >= 4 is 15.9 Å². The normalized spacial score (nSPS) is 10.9. The Morgan fingerprint density at radius 3 is 2.79 bits per heavy atom. The number of hydrogen-bond acceptors (Lipinski definition) is 1. The number of rotatable bonds is 5. The highest BCUT2D eigenvalue weighted by atomic mass is 79.9. The molecule has 5 heteroatoms. The first kappa shape index (κ1) is 14.2. The van der Waals surface area contributed by atoms with Gasteiger partial charge in [0, 0.05) is 24.0 Å². The van der Waals surface area contributed by atoms with Crippen LogP contribution in [0.5, 0.6) is 0 Å². The third-order valence-corrected chi connectivity index (χ3v) is 3.56. The fourth-order valence-electron chi connectivity index (χ4n) is 1.90. The van der Waals surface area contributed by atoms with Crippen molar-refractivity contribution in [2.24, 2.45) is 0 Å². The zero-order valence-electron chi connectivity index (χ0n) is 10.6. The monoisotopic (exact) mass is 328 g/mol. The standard InChI is InChI=1S/C14H15BrF2N2/c1-2-18-8-10-4-3-7-19(10)9-11-13(16)6-5-12(15)14(11)17/h3-7,18H,2,8-9H2,1H3. The van der Waals surface area contributed by atoms with Gasteiger partial charge < -0.3 is 9.88 Å². The van der Waals surface area contributed by atoms with Crippen molar-refractivity contribution in [3.63, 3.8) is 0 Å². The lowest BCUT2D eigenvalue weighted by Gasteiger charge is -2.12. The molecule has 0 saturated heterocycles. The number of aromatic nitrogens is 1. The number of nitrogens with zero attached hydrogens (tertiary/aromatic N) is 1. The van der Waals surface area contributed by atoms with Gasteiger partial charge in [0.25, 0.3) is 0 Å². The van der Waals surface area contributed by atoms with Crippen LogP contribution in [0, 0.1) is 11.6 Å². The molecule has 0 fully saturated rings. The first-order valence-corrected chi connectivity index (χ1v) is 6.90. The third kappa shape index (κ3) is 3.22. The summed E-state index contributed by atoms with van der Waals surface area (Å²) in [6.07, 6.45) is 1.83. The van der Waals surface area contributed by atoms with Gasteiger partial charge in [0.2, 0.25) is 0 Å². The summed E-state index contributed by atoms with van der Waals surface area (Å²) in [5, 5.41) is 3.20. The minimum atomic E-state index is -0.539. The lowest BCUT2D eigenvalue weighted by atomic mass is 10.2. The Labute approximate surface area is 119 Å². The second kappa shape index (κ2) is 6.30. The largest absolute Gasteiger partial charge is 0.346 e. The van der Waals surface area contributed by atoms with Gasteiger partial charge in [-0.15, -0.1) is 0 Å². The summed E-state index contributed by atoms with van der Waals surface area (Å²) in [6.45, 7) is 3.73. The molecule has 0 aliphatic carbocycles. The Morgan fingerprint density at radius 1 is 1.26 bits per heavy atom. The van der Waals surface area contributed by atoms with Crippen LogP contribution >= 0.6 is 15.9 Å². The SMILES string of the molecule is CCNCc1cccn1Cc1c(F)ccc(Br)c1F. The van der Waals surface area contributed by atoms with Gasteiger partial charge in [-0.3, -0.25) is 0 Å². The zero-order chi connectivity index (χ0) is 13.8. The lowest BCUT2D eigenvalue weighted by Crippen LogP contribution is -2.16. The third-order valence-electron chi connectivity index (χ3n) is 2.95. The molecule has 0 atom stereocenters. The second-order valence-corrected chi connectivity index (χ2v) is 5.08. The van der Waals surface area contributed by atoms with Crippen molar-refractivity contribution < 1.29 is 8.78 Å². The Kier molecular flexibility index (Phi) is 4.71. The van der Waals surface area contributed by atoms with E-state index < -0.39 is 11.6 Å².